The smallest absolute Gasteiger partial charge is 0.305 e. The van der Waals surface area contributed by atoms with E-state index in [0.29, 0.717) is 19.3 Å². The standard InChI is InChI=1S/C37H64N2O5/c1-3-5-7-9-11-13-15-17-22-26-35(40)43-30-28-39(37(42)34(38)32-33-24-20-19-21-25-33)29-31-44-36(41)27-23-18-16-14-12-10-8-6-4-2/h19-21,24-25,34H,3-18,22-23,26-32,38H2,1-2H3/p+1. The van der Waals surface area contributed by atoms with Gasteiger partial charge in [-0.2, -0.15) is 0 Å². The molecule has 3 N–H and O–H groups in total. The summed E-state index contributed by atoms with van der Waals surface area (Å²) in [4.78, 5) is 39.5. The molecule has 1 unspecified atom stereocenters. The third kappa shape index (κ3) is 22.2. The molecule has 1 aromatic rings. The van der Waals surface area contributed by atoms with E-state index in [9.17, 15) is 14.4 Å². The molecular formula is C37H65N2O5+. The maximum Gasteiger partial charge on any atom is 0.305 e. The average molecular weight is 618 g/mol. The van der Waals surface area contributed by atoms with Gasteiger partial charge in [0.15, 0.2) is 6.04 Å². The third-order valence-electron chi connectivity index (χ3n) is 8.20. The summed E-state index contributed by atoms with van der Waals surface area (Å²) < 4.78 is 10.9. The first kappa shape index (κ1) is 39.6. The second kappa shape index (κ2) is 28.1. The van der Waals surface area contributed by atoms with Gasteiger partial charge in [0.1, 0.15) is 13.2 Å². The second-order valence-corrected chi connectivity index (χ2v) is 12.3. The van der Waals surface area contributed by atoms with Gasteiger partial charge in [-0.3, -0.25) is 14.4 Å². The van der Waals surface area contributed by atoms with E-state index in [1.54, 1.807) is 4.90 Å². The van der Waals surface area contributed by atoms with Crippen LogP contribution < -0.4 is 5.73 Å². The third-order valence-corrected chi connectivity index (χ3v) is 8.20. The average Bonchev–Trinajstić information content (AvgIpc) is 3.02. The normalized spacial score (nSPS) is 11.7. The molecule has 0 aliphatic rings. The number of hydrogen-bond donors (Lipinski definition) is 1. The van der Waals surface area contributed by atoms with Crippen LogP contribution in [0.4, 0.5) is 0 Å². The van der Waals surface area contributed by atoms with Crippen LogP contribution in [0, 0.1) is 0 Å². The molecule has 1 atom stereocenters. The van der Waals surface area contributed by atoms with E-state index in [-0.39, 0.29) is 44.1 Å². The summed E-state index contributed by atoms with van der Waals surface area (Å²) >= 11 is 0. The van der Waals surface area contributed by atoms with Gasteiger partial charge in [0, 0.05) is 19.3 Å². The van der Waals surface area contributed by atoms with Crippen LogP contribution in [0.2, 0.25) is 0 Å². The number of quaternary nitrogens is 1. The van der Waals surface area contributed by atoms with Gasteiger partial charge in [-0.05, 0) is 18.4 Å². The lowest BCUT2D eigenvalue weighted by atomic mass is 10.1. The number of amides is 1. The highest BCUT2D eigenvalue weighted by atomic mass is 16.5. The van der Waals surface area contributed by atoms with Crippen LogP contribution in [-0.4, -0.2) is 55.1 Å². The predicted molar refractivity (Wildman–Crippen MR) is 179 cm³/mol. The molecule has 7 heteroatoms. The molecule has 0 fully saturated rings. The number of unbranched alkanes of at least 4 members (excludes halogenated alkanes) is 16. The summed E-state index contributed by atoms with van der Waals surface area (Å²) in [5, 5.41) is 0. The van der Waals surface area contributed by atoms with Crippen LogP contribution >= 0.6 is 0 Å². The minimum absolute atomic E-state index is 0.126. The summed E-state index contributed by atoms with van der Waals surface area (Å²) in [7, 11) is 0. The van der Waals surface area contributed by atoms with Gasteiger partial charge in [-0.25, -0.2) is 0 Å². The molecule has 7 nitrogen and oxygen atoms in total. The van der Waals surface area contributed by atoms with Crippen molar-refractivity contribution in [3.05, 3.63) is 35.9 Å². The Kier molecular flexibility index (Phi) is 25.3. The Hall–Kier alpha value is -2.41. The molecule has 0 aromatic heterocycles. The number of carbonyl (C=O) groups excluding carboxylic acids is 3. The molecule has 44 heavy (non-hydrogen) atoms. The largest absolute Gasteiger partial charge is 0.464 e. The fraction of sp³-hybridized carbons (Fsp3) is 0.757. The van der Waals surface area contributed by atoms with Crippen molar-refractivity contribution in [3.63, 3.8) is 0 Å². The van der Waals surface area contributed by atoms with Crippen LogP contribution in [0.3, 0.4) is 0 Å². The van der Waals surface area contributed by atoms with E-state index in [1.165, 1.54) is 77.0 Å². The zero-order valence-electron chi connectivity index (χ0n) is 28.3. The minimum Gasteiger partial charge on any atom is -0.464 e. The topological polar surface area (TPSA) is 101 Å². The van der Waals surface area contributed by atoms with Crippen LogP contribution in [0.15, 0.2) is 30.3 Å². The van der Waals surface area contributed by atoms with Crippen molar-refractivity contribution in [2.45, 2.75) is 155 Å². The summed E-state index contributed by atoms with van der Waals surface area (Å²) in [6.45, 7) is 5.25. The van der Waals surface area contributed by atoms with Crippen molar-refractivity contribution in [3.8, 4) is 0 Å². The van der Waals surface area contributed by atoms with Gasteiger partial charge in [-0.15, -0.1) is 0 Å². The number of carbonyl (C=O) groups is 3. The lowest BCUT2D eigenvalue weighted by Gasteiger charge is -2.24. The van der Waals surface area contributed by atoms with E-state index in [1.807, 2.05) is 30.3 Å². The molecule has 0 radical (unpaired) electrons. The van der Waals surface area contributed by atoms with E-state index < -0.39 is 6.04 Å². The maximum atomic E-state index is 13.3. The van der Waals surface area contributed by atoms with Crippen molar-refractivity contribution in [2.24, 2.45) is 0 Å². The first-order valence-corrected chi connectivity index (χ1v) is 17.9. The Bertz CT molecular complexity index is 808. The summed E-state index contributed by atoms with van der Waals surface area (Å²) in [6, 6.07) is 9.33. The van der Waals surface area contributed by atoms with E-state index >= 15 is 0 Å². The van der Waals surface area contributed by atoms with Gasteiger partial charge in [-0.1, -0.05) is 147 Å². The lowest BCUT2D eigenvalue weighted by Crippen LogP contribution is -2.69. The monoisotopic (exact) mass is 617 g/mol. The van der Waals surface area contributed by atoms with Crippen LogP contribution in [0.1, 0.15) is 148 Å². The Morgan fingerprint density at radius 2 is 1.00 bits per heavy atom. The SMILES string of the molecule is CCCCCCCCCCCC(=O)OCCN(CCOC(=O)CCCCCCCCCCC)C(=O)C([NH3+])Cc1ccccc1. The molecule has 0 aliphatic carbocycles. The van der Waals surface area contributed by atoms with Crippen LogP contribution in [0.25, 0.3) is 0 Å². The van der Waals surface area contributed by atoms with Gasteiger partial charge < -0.3 is 20.1 Å². The molecule has 0 aliphatic heterocycles. The Labute approximate surface area is 269 Å². The molecule has 1 amide bonds. The number of nitrogens with zero attached hydrogens (tertiary/aromatic N) is 1. The summed E-state index contributed by atoms with van der Waals surface area (Å²) in [5.41, 5.74) is 5.15. The number of benzene rings is 1. The fourth-order valence-electron chi connectivity index (χ4n) is 5.42. The molecule has 252 valence electrons. The fourth-order valence-corrected chi connectivity index (χ4v) is 5.42. The van der Waals surface area contributed by atoms with Crippen molar-refractivity contribution in [2.75, 3.05) is 26.3 Å². The molecule has 0 saturated carbocycles. The molecule has 0 saturated heterocycles. The van der Waals surface area contributed by atoms with E-state index in [2.05, 4.69) is 19.6 Å². The van der Waals surface area contributed by atoms with E-state index in [0.717, 1.165) is 44.1 Å². The van der Waals surface area contributed by atoms with Crippen molar-refractivity contribution in [1.82, 2.24) is 4.90 Å². The van der Waals surface area contributed by atoms with Crippen molar-refractivity contribution in [1.29, 1.82) is 0 Å². The zero-order valence-corrected chi connectivity index (χ0v) is 28.3. The van der Waals surface area contributed by atoms with Gasteiger partial charge in [0.2, 0.25) is 0 Å². The minimum atomic E-state index is -0.479. The molecular weight excluding hydrogens is 552 g/mol. The number of rotatable bonds is 29. The Morgan fingerprint density at radius 1 is 0.614 bits per heavy atom. The molecule has 1 aromatic carbocycles. The molecule has 0 heterocycles. The maximum absolute atomic E-state index is 13.3. The van der Waals surface area contributed by atoms with Crippen LogP contribution in [-0.2, 0) is 30.3 Å². The molecule has 1 rings (SSSR count). The van der Waals surface area contributed by atoms with Crippen molar-refractivity contribution < 1.29 is 29.6 Å². The zero-order chi connectivity index (χ0) is 32.1. The van der Waals surface area contributed by atoms with E-state index in [4.69, 9.17) is 9.47 Å². The summed E-state index contributed by atoms with van der Waals surface area (Å²) in [5.74, 6) is -0.565. The Morgan fingerprint density at radius 3 is 1.41 bits per heavy atom. The highest BCUT2D eigenvalue weighted by molar-refractivity contribution is 5.80. The number of ether oxygens (including phenoxy) is 2. The Balaban J connectivity index is 2.37. The number of hydrogen-bond acceptors (Lipinski definition) is 5. The number of esters is 2. The first-order chi connectivity index (χ1) is 21.5. The van der Waals surface area contributed by atoms with Gasteiger partial charge in [0.05, 0.1) is 13.1 Å². The summed E-state index contributed by atoms with van der Waals surface area (Å²) in [6.07, 6.45) is 22.9. The lowest BCUT2D eigenvalue weighted by molar-refractivity contribution is -0.405. The molecule has 0 bridgehead atoms. The van der Waals surface area contributed by atoms with Crippen molar-refractivity contribution >= 4 is 17.8 Å². The molecule has 0 spiro atoms. The van der Waals surface area contributed by atoms with Crippen LogP contribution in [0.5, 0.6) is 0 Å². The first-order valence-electron chi connectivity index (χ1n) is 17.9. The second-order valence-electron chi connectivity index (χ2n) is 12.3. The van der Waals surface area contributed by atoms with Gasteiger partial charge >= 0.3 is 11.9 Å². The highest BCUT2D eigenvalue weighted by Gasteiger charge is 2.25. The highest BCUT2D eigenvalue weighted by Crippen LogP contribution is 2.12. The quantitative estimate of drug-likeness (QED) is 0.0737. The van der Waals surface area contributed by atoms with Gasteiger partial charge in [0.25, 0.3) is 5.91 Å². The predicted octanol–water partition coefficient (Wildman–Crippen LogP) is 7.60.